The van der Waals surface area contributed by atoms with Gasteiger partial charge in [0.05, 0.1) is 28.1 Å². The third-order valence-electron chi connectivity index (χ3n) is 6.09. The van der Waals surface area contributed by atoms with Crippen LogP contribution < -0.4 is 5.32 Å². The summed E-state index contributed by atoms with van der Waals surface area (Å²) in [5.41, 5.74) is -1.35. The number of thioether (sulfide) groups is 1. The van der Waals surface area contributed by atoms with Gasteiger partial charge in [-0.2, -0.15) is 0 Å². The molecule has 2 aromatic heterocycles. The quantitative estimate of drug-likeness (QED) is 0.230. The molecule has 0 radical (unpaired) electrons. The van der Waals surface area contributed by atoms with Gasteiger partial charge in [-0.1, -0.05) is 36.0 Å². The molecule has 1 aromatic carbocycles. The summed E-state index contributed by atoms with van der Waals surface area (Å²) < 4.78 is 78.5. The zero-order valence-electron chi connectivity index (χ0n) is 26.5. The van der Waals surface area contributed by atoms with Crippen LogP contribution in [0.2, 0.25) is 0 Å². The molecule has 0 saturated heterocycles. The largest absolute Gasteiger partial charge is 0.394 e. The standard InChI is InChI=1S/C24H31FN6O4S/c1-3-8-36-24-27-22(26-16-10-14(16)13-5-4-12(2)15(25)9-13)19-23(28-24)31(30-29-19)17-11-18(35-7-6-32)21(34)20(17)33/h4-5,9,14,16-18,20-21,32-34H,3,6-8,10-11H2,1-2H3,(H,26,27,28)/t14-,16+,17+,18-,20-,21+/m0/s1/i7D2,8D2,10D2,14D. The van der Waals surface area contributed by atoms with Crippen LogP contribution in [0.25, 0.3) is 11.2 Å². The van der Waals surface area contributed by atoms with E-state index < -0.39 is 67.4 Å². The molecule has 2 aliphatic carbocycles. The summed E-state index contributed by atoms with van der Waals surface area (Å²) in [5, 5.41) is 41.6. The highest BCUT2D eigenvalue weighted by molar-refractivity contribution is 7.99. The number of halogens is 1. The molecule has 0 spiro atoms. The second-order valence-corrected chi connectivity index (χ2v) is 9.36. The number of nitrogens with one attached hydrogen (secondary N) is 1. The van der Waals surface area contributed by atoms with Crippen molar-refractivity contribution in [3.8, 4) is 0 Å². The molecule has 0 bridgehead atoms. The predicted octanol–water partition coefficient (Wildman–Crippen LogP) is 2.18. The number of aryl methyl sites for hydroxylation is 1. The lowest BCUT2D eigenvalue weighted by Crippen LogP contribution is -2.33. The van der Waals surface area contributed by atoms with Crippen LogP contribution in [0.4, 0.5) is 10.2 Å². The van der Waals surface area contributed by atoms with Gasteiger partial charge >= 0.3 is 0 Å². The maximum Gasteiger partial charge on any atom is 0.191 e. The van der Waals surface area contributed by atoms with Gasteiger partial charge in [-0.15, -0.1) is 5.10 Å². The lowest BCUT2D eigenvalue weighted by molar-refractivity contribution is -0.0629. The minimum atomic E-state index is -2.48. The second kappa shape index (κ2) is 10.5. The summed E-state index contributed by atoms with van der Waals surface area (Å²) in [6, 6.07) is 1.82. The molecule has 5 rings (SSSR count). The first-order chi connectivity index (χ1) is 20.0. The SMILES string of the molecule is [2H]C([2H])(CO)O[C@H]1C[C@@H](n2nnc3c(N[C@@H]4C([2H])([2H])[C@@]4([2H])c4ccc(C)c(F)c4)nc(SC([2H])([2H])CC)nc32)[C@H](O)[C@@H]1O. The summed E-state index contributed by atoms with van der Waals surface area (Å²) >= 11 is 0.688. The molecule has 4 N–H and O–H groups in total. The van der Waals surface area contributed by atoms with E-state index in [2.05, 4.69) is 25.6 Å². The lowest BCUT2D eigenvalue weighted by Gasteiger charge is -2.17. The Hall–Kier alpha value is -2.38. The zero-order chi connectivity index (χ0) is 31.7. The van der Waals surface area contributed by atoms with Gasteiger partial charge in [0, 0.05) is 30.9 Å². The fourth-order valence-corrected chi connectivity index (χ4v) is 4.70. The van der Waals surface area contributed by atoms with Crippen LogP contribution in [-0.4, -0.2) is 83.5 Å². The zero-order valence-corrected chi connectivity index (χ0v) is 20.3. The number of ether oxygens (including phenoxy) is 1. The van der Waals surface area contributed by atoms with Crippen molar-refractivity contribution < 1.29 is 34.0 Å². The Morgan fingerprint density at radius 2 is 2.19 bits per heavy atom. The second-order valence-electron chi connectivity index (χ2n) is 8.50. The highest BCUT2D eigenvalue weighted by Crippen LogP contribution is 2.44. The van der Waals surface area contributed by atoms with Gasteiger partial charge in [-0.05, 0) is 36.9 Å². The van der Waals surface area contributed by atoms with E-state index in [1.165, 1.54) is 16.8 Å². The lowest BCUT2D eigenvalue weighted by atomic mass is 10.1. The summed E-state index contributed by atoms with van der Waals surface area (Å²) in [6.45, 7) is -0.274. The monoisotopic (exact) mass is 525 g/mol. The number of hydrogen-bond acceptors (Lipinski definition) is 10. The Labute approximate surface area is 222 Å². The van der Waals surface area contributed by atoms with Crippen LogP contribution in [0.15, 0.2) is 23.4 Å². The van der Waals surface area contributed by atoms with Crippen LogP contribution in [0.3, 0.4) is 0 Å². The number of anilines is 1. The smallest absolute Gasteiger partial charge is 0.191 e. The first kappa shape index (κ1) is 18.0. The first-order valence-electron chi connectivity index (χ1n) is 15.0. The van der Waals surface area contributed by atoms with E-state index in [-0.39, 0.29) is 40.5 Å². The molecule has 0 amide bonds. The van der Waals surface area contributed by atoms with Gasteiger partial charge in [-0.25, -0.2) is 19.0 Å². The van der Waals surface area contributed by atoms with Crippen molar-refractivity contribution in [2.75, 3.05) is 24.2 Å². The van der Waals surface area contributed by atoms with Crippen molar-refractivity contribution >= 4 is 28.7 Å². The van der Waals surface area contributed by atoms with Gasteiger partial charge in [0.25, 0.3) is 0 Å². The van der Waals surface area contributed by atoms with E-state index in [1.807, 2.05) is 0 Å². The summed E-state index contributed by atoms with van der Waals surface area (Å²) in [5.74, 6) is -2.55. The number of aliphatic hydroxyl groups excluding tert-OH is 3. The Bertz CT molecular complexity index is 1540. The molecule has 36 heavy (non-hydrogen) atoms. The number of fused-ring (bicyclic) bond motifs is 1. The van der Waals surface area contributed by atoms with E-state index >= 15 is 0 Å². The van der Waals surface area contributed by atoms with Crippen molar-refractivity contribution in [3.63, 3.8) is 0 Å². The van der Waals surface area contributed by atoms with E-state index in [0.717, 1.165) is 6.07 Å². The maximum absolute atomic E-state index is 14.4. The molecule has 194 valence electrons. The predicted molar refractivity (Wildman–Crippen MR) is 133 cm³/mol. The van der Waals surface area contributed by atoms with Crippen molar-refractivity contribution in [2.24, 2.45) is 0 Å². The number of nitrogens with zero attached hydrogens (tertiary/aromatic N) is 5. The van der Waals surface area contributed by atoms with E-state index in [1.54, 1.807) is 13.8 Å². The molecule has 12 heteroatoms. The maximum atomic E-state index is 14.4. The van der Waals surface area contributed by atoms with Crippen molar-refractivity contribution in [1.29, 1.82) is 0 Å². The molecule has 2 heterocycles. The number of hydrogen-bond donors (Lipinski definition) is 4. The number of benzene rings is 1. The van der Waals surface area contributed by atoms with Gasteiger partial charge < -0.3 is 25.4 Å². The van der Waals surface area contributed by atoms with Crippen LogP contribution in [-0.2, 0) is 4.74 Å². The minimum Gasteiger partial charge on any atom is -0.394 e. The third kappa shape index (κ3) is 4.92. The molecule has 10 nitrogen and oxygen atoms in total. The van der Waals surface area contributed by atoms with Crippen molar-refractivity contribution in [3.05, 3.63) is 35.1 Å². The van der Waals surface area contributed by atoms with E-state index in [9.17, 15) is 19.7 Å². The summed E-state index contributed by atoms with van der Waals surface area (Å²) in [7, 11) is 0. The molecule has 2 saturated carbocycles. The van der Waals surface area contributed by atoms with Crippen LogP contribution in [0.1, 0.15) is 58.8 Å². The van der Waals surface area contributed by atoms with Crippen LogP contribution in [0, 0.1) is 12.7 Å². The van der Waals surface area contributed by atoms with E-state index in [0.29, 0.717) is 17.3 Å². The van der Waals surface area contributed by atoms with Crippen LogP contribution >= 0.6 is 11.8 Å². The molecule has 2 aliphatic rings. The van der Waals surface area contributed by atoms with Gasteiger partial charge in [0.15, 0.2) is 22.1 Å². The number of rotatable bonds is 10. The molecule has 3 aromatic rings. The summed E-state index contributed by atoms with van der Waals surface area (Å²) in [6.07, 6.45) is -6.50. The Morgan fingerprint density at radius 3 is 2.94 bits per heavy atom. The Morgan fingerprint density at radius 1 is 1.36 bits per heavy atom. The fourth-order valence-electron chi connectivity index (χ4n) is 4.16. The van der Waals surface area contributed by atoms with Gasteiger partial charge in [0.2, 0.25) is 0 Å². The van der Waals surface area contributed by atoms with Gasteiger partial charge in [0.1, 0.15) is 18.0 Å². The minimum absolute atomic E-state index is 0.00158. The van der Waals surface area contributed by atoms with Crippen molar-refractivity contribution in [2.45, 2.75) is 74.5 Å². The average molecular weight is 526 g/mol. The first-order valence-corrected chi connectivity index (χ1v) is 12.3. The normalized spacial score (nSPS) is 34.7. The number of aliphatic hydroxyl groups is 3. The van der Waals surface area contributed by atoms with Crippen molar-refractivity contribution in [1.82, 2.24) is 25.0 Å². The average Bonchev–Trinajstić information content (AvgIpc) is 3.24. The Kier molecular flexibility index (Phi) is 5.26. The molecule has 0 aliphatic heterocycles. The molecular weight excluding hydrogens is 487 g/mol. The molecular formula is C24H31FN6O4S. The number of aromatic nitrogens is 5. The Balaban J connectivity index is 1.54. The topological polar surface area (TPSA) is 138 Å². The third-order valence-corrected chi connectivity index (χ3v) is 6.89. The van der Waals surface area contributed by atoms with Crippen LogP contribution in [0.5, 0.6) is 0 Å². The molecule has 2 fully saturated rings. The molecule has 0 unspecified atom stereocenters. The molecule has 6 atom stereocenters. The van der Waals surface area contributed by atoms with E-state index in [4.69, 9.17) is 14.3 Å². The highest BCUT2D eigenvalue weighted by atomic mass is 32.2. The fraction of sp³-hybridized carbons (Fsp3) is 0.583. The summed E-state index contributed by atoms with van der Waals surface area (Å²) in [4.78, 5) is 8.77. The highest BCUT2D eigenvalue weighted by Gasteiger charge is 2.45. The van der Waals surface area contributed by atoms with Gasteiger partial charge in [-0.3, -0.25) is 0 Å².